The largest absolute Gasteiger partial charge is 0.479 e. The van der Waals surface area contributed by atoms with E-state index in [1.54, 1.807) is 7.11 Å². The maximum Gasteiger partial charge on any atom is 0.245 e. The second-order valence-corrected chi connectivity index (χ2v) is 6.23. The first-order valence-electron chi connectivity index (χ1n) is 7.22. The molecular weight excluding hydrogens is 268 g/mol. The molecule has 0 bridgehead atoms. The van der Waals surface area contributed by atoms with Crippen molar-refractivity contribution in [1.29, 1.82) is 0 Å². The smallest absolute Gasteiger partial charge is 0.245 e. The first kappa shape index (κ1) is 14.1. The number of anilines is 1. The van der Waals surface area contributed by atoms with E-state index in [0.29, 0.717) is 17.3 Å². The number of hydrogen-bond donors (Lipinski definition) is 1. The zero-order valence-electron chi connectivity index (χ0n) is 12.8. The van der Waals surface area contributed by atoms with Gasteiger partial charge in [-0.3, -0.25) is 4.57 Å². The van der Waals surface area contributed by atoms with Crippen LogP contribution in [0.25, 0.3) is 11.2 Å². The molecule has 0 aromatic carbocycles. The minimum absolute atomic E-state index is 0.215. The van der Waals surface area contributed by atoms with E-state index >= 15 is 0 Å². The van der Waals surface area contributed by atoms with Crippen LogP contribution in [0.1, 0.15) is 19.8 Å². The van der Waals surface area contributed by atoms with E-state index < -0.39 is 0 Å². The van der Waals surface area contributed by atoms with Crippen LogP contribution in [-0.4, -0.2) is 51.7 Å². The average Bonchev–Trinajstić information content (AvgIpc) is 2.79. The number of nitrogens with two attached hydrogens (primary N) is 1. The predicted molar refractivity (Wildman–Crippen MR) is 81.1 cm³/mol. The molecule has 2 N–H and O–H groups in total. The van der Waals surface area contributed by atoms with E-state index in [1.165, 1.54) is 6.33 Å². The molecule has 0 unspecified atom stereocenters. The van der Waals surface area contributed by atoms with Gasteiger partial charge in [0.2, 0.25) is 11.8 Å². The van der Waals surface area contributed by atoms with E-state index in [2.05, 4.69) is 33.8 Å². The van der Waals surface area contributed by atoms with Crippen LogP contribution in [-0.2, 0) is 6.54 Å². The molecule has 7 heteroatoms. The van der Waals surface area contributed by atoms with Gasteiger partial charge in [-0.05, 0) is 38.4 Å². The van der Waals surface area contributed by atoms with Crippen molar-refractivity contribution in [2.75, 3.05) is 33.0 Å². The minimum atomic E-state index is 0.215. The zero-order chi connectivity index (χ0) is 15.0. The number of likely N-dealkylation sites (tertiary alicyclic amines) is 1. The van der Waals surface area contributed by atoms with Crippen molar-refractivity contribution in [1.82, 2.24) is 24.4 Å². The summed E-state index contributed by atoms with van der Waals surface area (Å²) in [6.07, 6.45) is 3.78. The molecule has 2 aromatic rings. The zero-order valence-corrected chi connectivity index (χ0v) is 12.8. The number of hydrogen-bond acceptors (Lipinski definition) is 6. The number of ether oxygens (including phenoxy) is 1. The third kappa shape index (κ3) is 2.53. The summed E-state index contributed by atoms with van der Waals surface area (Å²) in [6.45, 7) is 5.36. The molecule has 0 radical (unpaired) electrons. The number of piperidine rings is 1. The van der Waals surface area contributed by atoms with E-state index in [9.17, 15) is 0 Å². The van der Waals surface area contributed by atoms with Crippen LogP contribution in [0, 0.1) is 5.41 Å². The molecule has 114 valence electrons. The highest BCUT2D eigenvalue weighted by atomic mass is 16.5. The van der Waals surface area contributed by atoms with Crippen LogP contribution in [0.3, 0.4) is 0 Å². The molecule has 3 heterocycles. The van der Waals surface area contributed by atoms with Gasteiger partial charge in [0.25, 0.3) is 0 Å². The lowest BCUT2D eigenvalue weighted by molar-refractivity contribution is 0.122. The number of imidazole rings is 1. The Morgan fingerprint density at radius 2 is 2.05 bits per heavy atom. The highest BCUT2D eigenvalue weighted by Gasteiger charge is 2.31. The topological polar surface area (TPSA) is 82.1 Å². The molecule has 1 fully saturated rings. The van der Waals surface area contributed by atoms with E-state index in [1.807, 2.05) is 4.57 Å². The van der Waals surface area contributed by atoms with Gasteiger partial charge in [0.05, 0.1) is 7.11 Å². The molecular formula is C14H22N6O. The number of nitrogens with zero attached hydrogens (tertiary/aromatic N) is 5. The highest BCUT2D eigenvalue weighted by molar-refractivity contribution is 5.78. The quantitative estimate of drug-likeness (QED) is 0.913. The van der Waals surface area contributed by atoms with Crippen molar-refractivity contribution >= 4 is 17.1 Å². The van der Waals surface area contributed by atoms with Crippen LogP contribution in [0.4, 0.5) is 5.95 Å². The predicted octanol–water partition coefficient (Wildman–Crippen LogP) is 1.15. The molecule has 0 spiro atoms. The first-order valence-corrected chi connectivity index (χ1v) is 7.22. The normalized spacial score (nSPS) is 19.0. The summed E-state index contributed by atoms with van der Waals surface area (Å²) < 4.78 is 7.23. The Labute approximate surface area is 124 Å². The van der Waals surface area contributed by atoms with Gasteiger partial charge in [-0.25, -0.2) is 9.97 Å². The van der Waals surface area contributed by atoms with Gasteiger partial charge in [-0.2, -0.15) is 4.98 Å². The van der Waals surface area contributed by atoms with E-state index in [4.69, 9.17) is 10.5 Å². The average molecular weight is 290 g/mol. The molecule has 1 aliphatic heterocycles. The van der Waals surface area contributed by atoms with Crippen LogP contribution in [0.15, 0.2) is 6.33 Å². The lowest BCUT2D eigenvalue weighted by atomic mass is 9.80. The fourth-order valence-corrected chi connectivity index (χ4v) is 2.94. The van der Waals surface area contributed by atoms with Crippen LogP contribution >= 0.6 is 0 Å². The second-order valence-electron chi connectivity index (χ2n) is 6.23. The molecule has 1 saturated heterocycles. The molecule has 3 rings (SSSR count). The van der Waals surface area contributed by atoms with Crippen molar-refractivity contribution < 1.29 is 4.74 Å². The van der Waals surface area contributed by atoms with Gasteiger partial charge in [0.15, 0.2) is 11.2 Å². The molecule has 21 heavy (non-hydrogen) atoms. The lowest BCUT2D eigenvalue weighted by Crippen LogP contribution is -2.38. The Hall–Kier alpha value is -1.89. The van der Waals surface area contributed by atoms with Gasteiger partial charge in [0.1, 0.15) is 6.33 Å². The summed E-state index contributed by atoms with van der Waals surface area (Å²) >= 11 is 0. The molecule has 0 saturated carbocycles. The SMILES string of the molecule is COc1ncnc2c1nc(N)n2CC1(C)CCN(C)CC1. The van der Waals surface area contributed by atoms with E-state index in [-0.39, 0.29) is 5.41 Å². The second kappa shape index (κ2) is 5.14. The third-order valence-corrected chi connectivity index (χ3v) is 4.46. The van der Waals surface area contributed by atoms with Gasteiger partial charge in [-0.15, -0.1) is 0 Å². The number of nitrogen functional groups attached to an aromatic ring is 1. The van der Waals surface area contributed by atoms with Gasteiger partial charge < -0.3 is 15.4 Å². The molecule has 0 atom stereocenters. The summed E-state index contributed by atoms with van der Waals surface area (Å²) in [4.78, 5) is 15.2. The van der Waals surface area contributed by atoms with E-state index in [0.717, 1.165) is 38.1 Å². The standard InChI is InChI=1S/C14H22N6O/c1-14(4-6-19(2)7-5-14)8-20-11-10(18-13(20)15)12(21-3)17-9-16-11/h9H,4-8H2,1-3H3,(H2,15,18). The summed E-state index contributed by atoms with van der Waals surface area (Å²) in [5, 5.41) is 0. The number of rotatable bonds is 3. The van der Waals surface area contributed by atoms with Crippen molar-refractivity contribution in [3.05, 3.63) is 6.33 Å². The highest BCUT2D eigenvalue weighted by Crippen LogP contribution is 2.34. The first-order chi connectivity index (χ1) is 10.0. The van der Waals surface area contributed by atoms with Gasteiger partial charge in [-0.1, -0.05) is 6.92 Å². The summed E-state index contributed by atoms with van der Waals surface area (Å²) in [5.41, 5.74) is 7.70. The molecule has 1 aliphatic rings. The lowest BCUT2D eigenvalue weighted by Gasteiger charge is -2.38. The number of fused-ring (bicyclic) bond motifs is 1. The monoisotopic (exact) mass is 290 g/mol. The van der Waals surface area contributed by atoms with Crippen LogP contribution in [0.2, 0.25) is 0 Å². The number of methoxy groups -OCH3 is 1. The Morgan fingerprint density at radius 3 is 2.71 bits per heavy atom. The van der Waals surface area contributed by atoms with Crippen molar-refractivity contribution in [3.8, 4) is 5.88 Å². The van der Waals surface area contributed by atoms with Crippen molar-refractivity contribution in [2.24, 2.45) is 5.41 Å². The minimum Gasteiger partial charge on any atom is -0.479 e. The fourth-order valence-electron chi connectivity index (χ4n) is 2.94. The summed E-state index contributed by atoms with van der Waals surface area (Å²) in [5.74, 6) is 0.947. The van der Waals surface area contributed by atoms with Gasteiger partial charge >= 0.3 is 0 Å². The van der Waals surface area contributed by atoms with Crippen LogP contribution < -0.4 is 10.5 Å². The summed E-state index contributed by atoms with van der Waals surface area (Å²) in [7, 11) is 3.74. The number of aromatic nitrogens is 4. The van der Waals surface area contributed by atoms with Gasteiger partial charge in [0, 0.05) is 6.54 Å². The fraction of sp³-hybridized carbons (Fsp3) is 0.643. The molecule has 7 nitrogen and oxygen atoms in total. The Balaban J connectivity index is 1.95. The Morgan fingerprint density at radius 1 is 1.33 bits per heavy atom. The molecule has 2 aromatic heterocycles. The summed E-state index contributed by atoms with van der Waals surface area (Å²) in [6, 6.07) is 0. The molecule has 0 amide bonds. The Bertz CT molecular complexity index is 644. The maximum absolute atomic E-state index is 6.10. The van der Waals surface area contributed by atoms with Crippen molar-refractivity contribution in [2.45, 2.75) is 26.3 Å². The maximum atomic E-state index is 6.10. The third-order valence-electron chi connectivity index (χ3n) is 4.46. The van der Waals surface area contributed by atoms with Crippen LogP contribution in [0.5, 0.6) is 5.88 Å². The Kier molecular flexibility index (Phi) is 3.44. The molecule has 0 aliphatic carbocycles. The van der Waals surface area contributed by atoms with Crippen molar-refractivity contribution in [3.63, 3.8) is 0 Å².